The van der Waals surface area contributed by atoms with Crippen molar-refractivity contribution < 1.29 is 68.8 Å². The van der Waals surface area contributed by atoms with Crippen molar-refractivity contribution in [2.75, 3.05) is 39.6 Å². The Labute approximate surface area is 638 Å². The van der Waals surface area contributed by atoms with Gasteiger partial charge in [-0.15, -0.1) is 0 Å². The first kappa shape index (κ1) is 88.9. The summed E-state index contributed by atoms with van der Waals surface area (Å²) in [5.74, 6) is -2.89. The fraction of sp³-hybridized carbons (Fsp3) is 0.738. The van der Waals surface area contributed by atoms with Crippen LogP contribution in [0.5, 0.6) is 0 Å². The van der Waals surface area contributed by atoms with Gasteiger partial charge in [-0.2, -0.15) is 0 Å². The molecular formula is C61H94O14S21Si. The quantitative estimate of drug-likeness (QED) is 0.0814. The first-order valence-electron chi connectivity index (χ1n) is 31.4. The molecule has 552 valence electrons. The summed E-state index contributed by atoms with van der Waals surface area (Å²) < 4.78 is 19.2. The summed E-state index contributed by atoms with van der Waals surface area (Å²) in [6, 6.07) is 20.3. The van der Waals surface area contributed by atoms with E-state index in [9.17, 15) is 54.9 Å². The van der Waals surface area contributed by atoms with Crippen LogP contribution in [-0.2, 0) is 224 Å². The summed E-state index contributed by atoms with van der Waals surface area (Å²) in [4.78, 5) is 53.3. The minimum atomic E-state index is -3.02. The summed E-state index contributed by atoms with van der Waals surface area (Å²) in [6.45, 7) is 16.4. The third kappa shape index (κ3) is 20.0. The van der Waals surface area contributed by atoms with E-state index in [4.69, 9.17) is 36.3 Å². The van der Waals surface area contributed by atoms with Crippen molar-refractivity contribution in [3.05, 3.63) is 60.7 Å². The Kier molecular flexibility index (Phi) is 38.1. The molecule has 6 aliphatic carbocycles. The number of aliphatic hydroxyl groups excluding tert-OH is 7. The second-order valence-corrected chi connectivity index (χ2v) is 64.8. The molecule has 0 amide bonds. The lowest BCUT2D eigenvalue weighted by molar-refractivity contribution is -0.226. The van der Waals surface area contributed by atoms with Crippen LogP contribution in [0.2, 0.25) is 5.04 Å². The average molecular weight is 1750 g/mol. The van der Waals surface area contributed by atoms with Crippen molar-refractivity contribution in [1.29, 1.82) is 0 Å². The van der Waals surface area contributed by atoms with Gasteiger partial charge in [0, 0.05) is 262 Å². The van der Waals surface area contributed by atoms with Gasteiger partial charge in [0.1, 0.15) is 37.0 Å². The number of esters is 2. The van der Waals surface area contributed by atoms with Crippen LogP contribution in [0.3, 0.4) is 0 Å². The van der Waals surface area contributed by atoms with Crippen LogP contribution >= 0.6 is 0 Å². The Hall–Kier alpha value is 1.24. The molecule has 2 unspecified atom stereocenters. The van der Waals surface area contributed by atoms with E-state index in [0.29, 0.717) is 51.4 Å². The van der Waals surface area contributed by atoms with Crippen molar-refractivity contribution in [3.8, 4) is 0 Å². The maximum absolute atomic E-state index is 14.1. The number of carbonyl (C=O) groups is 4. The molecule has 0 aliphatic heterocycles. The molecule has 4 bridgehead atoms. The van der Waals surface area contributed by atoms with E-state index >= 15 is 0 Å². The van der Waals surface area contributed by atoms with Crippen LogP contribution in [0, 0.1) is 68.0 Å². The molecule has 7 N–H and O–H groups in total. The van der Waals surface area contributed by atoms with Gasteiger partial charge in [-0.05, 0) is 102 Å². The first-order valence-corrected chi connectivity index (χ1v) is 59.9. The van der Waals surface area contributed by atoms with Crippen molar-refractivity contribution >= 4 is 233 Å². The number of ketones is 2. The minimum absolute atomic E-state index is 0. The number of carbonyl (C=O) groups excluding carboxylic acids is 4. The molecule has 0 spiro atoms. The lowest BCUT2D eigenvalue weighted by atomic mass is 9.43. The van der Waals surface area contributed by atoms with Crippen molar-refractivity contribution in [3.63, 3.8) is 0 Å². The number of benzene rings is 2. The van der Waals surface area contributed by atoms with Gasteiger partial charge in [0.2, 0.25) is 0 Å². The Morgan fingerprint density at radius 1 is 0.546 bits per heavy atom. The lowest BCUT2D eigenvalue weighted by Crippen LogP contribution is -2.67. The third-order valence-corrected chi connectivity index (χ3v) is 67.4. The van der Waals surface area contributed by atoms with E-state index in [1.165, 1.54) is 17.8 Å². The molecule has 0 aromatic heterocycles. The van der Waals surface area contributed by atoms with E-state index in [-0.39, 0.29) is 81.7 Å². The molecule has 8 rings (SSSR count). The van der Waals surface area contributed by atoms with Crippen molar-refractivity contribution in [1.82, 2.24) is 0 Å². The van der Waals surface area contributed by atoms with Gasteiger partial charge < -0.3 is 49.6 Å². The zero-order valence-corrected chi connectivity index (χ0v) is 73.0. The second kappa shape index (κ2) is 41.5. The predicted molar refractivity (Wildman–Crippen MR) is 447 cm³/mol. The number of ether oxygens (including phenoxy) is 2. The summed E-state index contributed by atoms with van der Waals surface area (Å²) in [5.41, 5.74) is -4.58. The van der Waals surface area contributed by atoms with E-state index < -0.39 is 107 Å². The van der Waals surface area contributed by atoms with Crippen LogP contribution in [0.4, 0.5) is 0 Å². The van der Waals surface area contributed by atoms with Crippen LogP contribution in [-0.4, -0.2) is 132 Å². The number of hydrogen-bond donors (Lipinski definition) is 7. The summed E-state index contributed by atoms with van der Waals surface area (Å²) >= 11 is 9.52. The molecule has 6 saturated carbocycles. The highest BCUT2D eigenvalue weighted by Gasteiger charge is 2.71. The zero-order chi connectivity index (χ0) is 70.6. The van der Waals surface area contributed by atoms with E-state index in [2.05, 4.69) is 65.8 Å². The van der Waals surface area contributed by atoms with Gasteiger partial charge in [0.15, 0.2) is 0 Å². The maximum Gasteiger partial charge on any atom is 0.332 e. The minimum Gasteiger partial charge on any atom is -0.460 e. The standard InChI is InChI=1S/C38H54O7Si.C22H36O7.CH4.S21/c1-7-37(25-40)22-31(36(6)26(2)18-20-38(29(23-39)34(37)43)21-19-30(41)33(36)38)45-32(42)24-44-46(35(3,4)5,27-14-10-8-11-15-27)28-16-12-9-13-17-28;1-4-21(12-25)9-16(29-17(27)11-24)20(3)13(2)5-7-22(14(10-23)19(21)28)8-6-15(26)18(20)22;;1-3-5-7-9-11-13-15-17-19-21-20-18-16-14-12-10-8-6-4-2/h8-17,26,29,31,33-34,39-40,43H,7,18-25H2,1-6H3;13-14,16,18-19,23-25,28H,4-12H2,1-3H3;1H4;/t26-,29+,31-,33?,34+,36+,37-,38+;13-,14+,16-,18?,19+,20+,21-,22+;;/m11../s1. The number of hydrogen-bond acceptors (Lipinski definition) is 16. The Balaban J connectivity index is 0.000000286. The molecule has 0 saturated heterocycles. The lowest BCUT2D eigenvalue weighted by Gasteiger charge is -2.62. The highest BCUT2D eigenvalue weighted by Crippen LogP contribution is 2.70. The summed E-state index contributed by atoms with van der Waals surface area (Å²) in [5, 5.41) is 76.9. The molecule has 2 aromatic rings. The molecule has 6 aliphatic rings. The molecule has 97 heavy (non-hydrogen) atoms. The van der Waals surface area contributed by atoms with E-state index in [1.807, 2.05) is 57.2 Å². The fourth-order valence-corrected chi connectivity index (χ4v) is 68.4. The van der Waals surface area contributed by atoms with Gasteiger partial charge in [0.05, 0.1) is 25.4 Å². The fourth-order valence-electron chi connectivity index (χ4n) is 17.3. The molecule has 36 heteroatoms. The van der Waals surface area contributed by atoms with Crippen LogP contribution in [0.15, 0.2) is 60.7 Å². The number of aliphatic hydroxyl groups is 7. The molecule has 0 heterocycles. The molecule has 0 radical (unpaired) electrons. The molecular weight excluding hydrogens is 1660 g/mol. The van der Waals surface area contributed by atoms with Gasteiger partial charge in [0.25, 0.3) is 8.32 Å². The Bertz CT molecular complexity index is 3860. The van der Waals surface area contributed by atoms with E-state index in [0.717, 1.165) is 23.2 Å². The molecule has 2 aromatic carbocycles. The zero-order valence-electron chi connectivity index (χ0n) is 54.8. The maximum atomic E-state index is 14.1. The largest absolute Gasteiger partial charge is 0.460 e. The highest BCUT2D eigenvalue weighted by molar-refractivity contribution is 8.78. The monoisotopic (exact) mass is 1750 g/mol. The summed E-state index contributed by atoms with van der Waals surface area (Å²) in [6.07, 6.45) is 2.71. The predicted octanol–water partition coefficient (Wildman–Crippen LogP) is 6.28. The topological polar surface area (TPSA) is 238 Å². The average Bonchev–Trinajstić information content (AvgIpc) is 1.67. The van der Waals surface area contributed by atoms with Crippen molar-refractivity contribution in [2.24, 2.45) is 68.0 Å². The third-order valence-electron chi connectivity index (χ3n) is 22.4. The number of Topliss-reactive ketones (excluding diaryl/α,β-unsaturated/α-hetero) is 2. The number of rotatable bonds is 14. The van der Waals surface area contributed by atoms with Crippen molar-refractivity contribution in [2.45, 2.75) is 176 Å². The van der Waals surface area contributed by atoms with Crippen LogP contribution in [0.1, 0.15) is 147 Å². The van der Waals surface area contributed by atoms with Gasteiger partial charge in [-0.1, -0.05) is 130 Å². The Morgan fingerprint density at radius 2 is 0.876 bits per heavy atom. The molecule has 6 fully saturated rings. The normalized spacial score (nSPS) is 32.2. The van der Waals surface area contributed by atoms with Gasteiger partial charge in [-0.25, -0.2) is 9.59 Å². The summed E-state index contributed by atoms with van der Waals surface area (Å²) in [7, 11) is 29.6. The van der Waals surface area contributed by atoms with E-state index in [1.54, 1.807) is 151 Å². The molecule has 14 nitrogen and oxygen atoms in total. The van der Waals surface area contributed by atoms with Gasteiger partial charge >= 0.3 is 11.9 Å². The SMILES string of the molecule is C.CC[C@]1(CO)C[C@@H](OC(=O)CO)[C@@]2(C)C3C(=O)CC[C@@]3(CC[C@H]2C)[C@@H](CO)[C@@H]1O.CC[C@]1(CO)C[C@@H](OC(=O)CO[Si](c2ccccc2)(c2ccccc2)C(C)(C)C)[C@@]2(C)C3C(=O)CC[C@@]3(CC[C@H]2C)[C@@H](CO)[C@@H]1O.S=S=S=S=S=S=S=S=S=S=S=S=S=S=S=S=S=S=S=S=S. The smallest absolute Gasteiger partial charge is 0.332 e. The highest BCUT2D eigenvalue weighted by atomic mass is 33.5. The first-order chi connectivity index (χ1) is 45.8. The molecule has 16 atom stereocenters. The second-order valence-electron chi connectivity index (χ2n) is 26.9. The van der Waals surface area contributed by atoms with Gasteiger partial charge in [-0.3, -0.25) is 9.59 Å². The Morgan fingerprint density at radius 3 is 1.16 bits per heavy atom. The van der Waals surface area contributed by atoms with Crippen LogP contribution < -0.4 is 10.4 Å². The van der Waals surface area contributed by atoms with Crippen LogP contribution in [0.25, 0.3) is 0 Å².